The second-order valence-corrected chi connectivity index (χ2v) is 4.39. The molecule has 0 fully saturated rings. The Kier molecular flexibility index (Phi) is 2.41. The highest BCUT2D eigenvalue weighted by Gasteiger charge is 2.09. The molecule has 0 saturated carbocycles. The van der Waals surface area contributed by atoms with Gasteiger partial charge in [-0.2, -0.15) is 5.10 Å². The second-order valence-electron chi connectivity index (χ2n) is 2.39. The first-order valence-corrected chi connectivity index (χ1v) is 5.17. The van der Waals surface area contributed by atoms with Gasteiger partial charge in [0.15, 0.2) is 0 Å². The fraction of sp³-hybridized carbons (Fsp3) is 0.400. The lowest BCUT2D eigenvalue weighted by Gasteiger charge is -1.91. The molecule has 2 N–H and O–H groups in total. The Morgan fingerprint density at radius 2 is 2.33 bits per heavy atom. The number of nitrogens with zero attached hydrogens (tertiary/aromatic N) is 2. The zero-order valence-electron chi connectivity index (χ0n) is 6.36. The molecule has 0 amide bonds. The van der Waals surface area contributed by atoms with Crippen LogP contribution < -0.4 is 5.14 Å². The van der Waals surface area contributed by atoms with Crippen molar-refractivity contribution in [2.75, 3.05) is 0 Å². The van der Waals surface area contributed by atoms with Gasteiger partial charge in [-0.25, -0.2) is 13.6 Å². The summed E-state index contributed by atoms with van der Waals surface area (Å²) in [5, 5.41) is 9.01. The van der Waals surface area contributed by atoms with E-state index in [0.717, 1.165) is 0 Å². The van der Waals surface area contributed by atoms with E-state index in [1.54, 1.807) is 7.05 Å². The van der Waals surface area contributed by atoms with Gasteiger partial charge in [-0.3, -0.25) is 4.68 Å². The van der Waals surface area contributed by atoms with Crippen LogP contribution in [0.1, 0.15) is 5.69 Å². The van der Waals surface area contributed by atoms with Crippen LogP contribution in [0.3, 0.4) is 0 Å². The van der Waals surface area contributed by atoms with Crippen molar-refractivity contribution in [3.63, 3.8) is 0 Å². The molecule has 12 heavy (non-hydrogen) atoms. The lowest BCUT2D eigenvalue weighted by molar-refractivity contribution is 0.595. The van der Waals surface area contributed by atoms with E-state index in [-0.39, 0.29) is 5.75 Å². The average Bonchev–Trinajstić information content (AvgIpc) is 2.07. The van der Waals surface area contributed by atoms with Gasteiger partial charge in [0, 0.05) is 7.05 Å². The first-order valence-electron chi connectivity index (χ1n) is 3.07. The largest absolute Gasteiger partial charge is 0.257 e. The predicted molar refractivity (Wildman–Crippen MR) is 45.0 cm³/mol. The van der Waals surface area contributed by atoms with Crippen LogP contribution >= 0.6 is 11.6 Å². The van der Waals surface area contributed by atoms with Gasteiger partial charge in [0.05, 0.1) is 5.69 Å². The smallest absolute Gasteiger partial charge is 0.214 e. The highest BCUT2D eigenvalue weighted by molar-refractivity contribution is 7.88. The fourth-order valence-electron chi connectivity index (χ4n) is 0.777. The Morgan fingerprint density at radius 1 is 1.75 bits per heavy atom. The third-order valence-corrected chi connectivity index (χ3v) is 2.27. The quantitative estimate of drug-likeness (QED) is 0.737. The summed E-state index contributed by atoms with van der Waals surface area (Å²) in [4.78, 5) is 0. The van der Waals surface area contributed by atoms with Crippen molar-refractivity contribution >= 4 is 21.6 Å². The number of hydrogen-bond donors (Lipinski definition) is 1. The van der Waals surface area contributed by atoms with Gasteiger partial charge in [-0.1, -0.05) is 11.6 Å². The number of aromatic nitrogens is 2. The van der Waals surface area contributed by atoms with E-state index in [1.807, 2.05) is 0 Å². The van der Waals surface area contributed by atoms with E-state index in [2.05, 4.69) is 5.10 Å². The molecule has 0 aliphatic rings. The van der Waals surface area contributed by atoms with Crippen LogP contribution in [0.2, 0.25) is 5.15 Å². The van der Waals surface area contributed by atoms with E-state index >= 15 is 0 Å². The van der Waals surface area contributed by atoms with Gasteiger partial charge >= 0.3 is 0 Å². The normalized spacial score (nSPS) is 11.9. The topological polar surface area (TPSA) is 78.0 Å². The number of aryl methyl sites for hydroxylation is 1. The molecule has 0 atom stereocenters. The molecule has 0 saturated heterocycles. The molecular weight excluding hydrogens is 202 g/mol. The van der Waals surface area contributed by atoms with Gasteiger partial charge in [-0.05, 0) is 6.07 Å². The van der Waals surface area contributed by atoms with E-state index in [0.29, 0.717) is 10.8 Å². The molecule has 0 spiro atoms. The Labute approximate surface area is 75.2 Å². The van der Waals surface area contributed by atoms with Gasteiger partial charge in [-0.15, -0.1) is 0 Å². The fourth-order valence-corrected chi connectivity index (χ4v) is 1.49. The molecule has 68 valence electrons. The number of hydrogen-bond acceptors (Lipinski definition) is 3. The molecule has 0 radical (unpaired) electrons. The minimum atomic E-state index is -3.52. The molecule has 1 rings (SSSR count). The van der Waals surface area contributed by atoms with Crippen molar-refractivity contribution < 1.29 is 8.42 Å². The first-order chi connectivity index (χ1) is 5.38. The highest BCUT2D eigenvalue weighted by Crippen LogP contribution is 2.10. The van der Waals surface area contributed by atoms with Gasteiger partial charge in [0.25, 0.3) is 0 Å². The summed E-state index contributed by atoms with van der Waals surface area (Å²) in [6.07, 6.45) is 0. The molecule has 0 bridgehead atoms. The van der Waals surface area contributed by atoms with Crippen molar-refractivity contribution in [2.45, 2.75) is 5.75 Å². The summed E-state index contributed by atoms with van der Waals surface area (Å²) < 4.78 is 22.6. The monoisotopic (exact) mass is 209 g/mol. The summed E-state index contributed by atoms with van der Waals surface area (Å²) in [6.45, 7) is 0. The summed E-state index contributed by atoms with van der Waals surface area (Å²) in [6, 6.07) is 1.46. The van der Waals surface area contributed by atoms with E-state index < -0.39 is 10.0 Å². The van der Waals surface area contributed by atoms with Gasteiger partial charge < -0.3 is 0 Å². The Hall–Kier alpha value is -0.590. The van der Waals surface area contributed by atoms with Crippen LogP contribution in [-0.4, -0.2) is 18.2 Å². The molecule has 7 heteroatoms. The minimum absolute atomic E-state index is 0.284. The summed E-state index contributed by atoms with van der Waals surface area (Å²) in [5.41, 5.74) is 0.352. The molecular formula is C5H8ClN3O2S. The maximum absolute atomic E-state index is 10.6. The van der Waals surface area contributed by atoms with Gasteiger partial charge in [0.2, 0.25) is 10.0 Å². The maximum Gasteiger partial charge on any atom is 0.214 e. The molecule has 5 nitrogen and oxygen atoms in total. The average molecular weight is 210 g/mol. The number of rotatable bonds is 2. The number of sulfonamides is 1. The molecule has 1 heterocycles. The number of halogens is 1. The van der Waals surface area contributed by atoms with Crippen LogP contribution in [-0.2, 0) is 22.8 Å². The van der Waals surface area contributed by atoms with E-state index in [1.165, 1.54) is 10.7 Å². The first kappa shape index (κ1) is 9.50. The minimum Gasteiger partial charge on any atom is -0.257 e. The summed E-state index contributed by atoms with van der Waals surface area (Å²) in [5.74, 6) is -0.284. The molecule has 0 aliphatic heterocycles. The molecule has 1 aromatic rings. The van der Waals surface area contributed by atoms with E-state index in [9.17, 15) is 8.42 Å². The highest BCUT2D eigenvalue weighted by atomic mass is 35.5. The van der Waals surface area contributed by atoms with Crippen LogP contribution in [0.4, 0.5) is 0 Å². The Morgan fingerprint density at radius 3 is 2.67 bits per heavy atom. The van der Waals surface area contributed by atoms with Crippen molar-refractivity contribution in [3.8, 4) is 0 Å². The zero-order chi connectivity index (χ0) is 9.35. The lowest BCUT2D eigenvalue weighted by atomic mass is 10.5. The standard InChI is InChI=1S/C5H8ClN3O2S/c1-9-5(6)2-4(8-9)3-12(7,10)11/h2H,3H2,1H3,(H2,7,10,11). The van der Waals surface area contributed by atoms with Gasteiger partial charge in [0.1, 0.15) is 10.9 Å². The molecule has 1 aromatic heterocycles. The molecule has 0 aromatic carbocycles. The Balaban J connectivity index is 2.92. The maximum atomic E-state index is 10.6. The van der Waals surface area contributed by atoms with Crippen molar-refractivity contribution in [3.05, 3.63) is 16.9 Å². The lowest BCUT2D eigenvalue weighted by Crippen LogP contribution is -2.14. The van der Waals surface area contributed by atoms with Crippen LogP contribution in [0.25, 0.3) is 0 Å². The number of nitrogens with two attached hydrogens (primary N) is 1. The Bertz CT molecular complexity index is 364. The third-order valence-electron chi connectivity index (χ3n) is 1.22. The van der Waals surface area contributed by atoms with Crippen molar-refractivity contribution in [2.24, 2.45) is 12.2 Å². The predicted octanol–water partition coefficient (Wildman–Crippen LogP) is -0.138. The summed E-state index contributed by atoms with van der Waals surface area (Å²) in [7, 11) is -1.90. The zero-order valence-corrected chi connectivity index (χ0v) is 7.93. The third kappa shape index (κ3) is 2.47. The van der Waals surface area contributed by atoms with Crippen LogP contribution in [0.5, 0.6) is 0 Å². The van der Waals surface area contributed by atoms with Crippen LogP contribution in [0.15, 0.2) is 6.07 Å². The van der Waals surface area contributed by atoms with E-state index in [4.69, 9.17) is 16.7 Å². The summed E-state index contributed by atoms with van der Waals surface area (Å²) >= 11 is 5.62. The van der Waals surface area contributed by atoms with Crippen LogP contribution in [0, 0.1) is 0 Å². The number of primary sulfonamides is 1. The second kappa shape index (κ2) is 3.04. The molecule has 0 unspecified atom stereocenters. The molecule has 0 aliphatic carbocycles. The SMILES string of the molecule is Cn1nc(CS(N)(=O)=O)cc1Cl. The van der Waals surface area contributed by atoms with Crippen molar-refractivity contribution in [1.82, 2.24) is 9.78 Å². The van der Waals surface area contributed by atoms with Crippen molar-refractivity contribution in [1.29, 1.82) is 0 Å².